The summed E-state index contributed by atoms with van der Waals surface area (Å²) in [5, 5.41) is 2.97. The van der Waals surface area contributed by atoms with Gasteiger partial charge in [0.2, 0.25) is 0 Å². The number of nitrogens with one attached hydrogen (secondary N) is 1. The van der Waals surface area contributed by atoms with E-state index < -0.39 is 0 Å². The van der Waals surface area contributed by atoms with Crippen molar-refractivity contribution < 1.29 is 9.53 Å². The number of carbonyl (C=O) groups is 1. The lowest BCUT2D eigenvalue weighted by atomic mass is 10.1. The molecule has 1 aliphatic heterocycles. The van der Waals surface area contributed by atoms with Gasteiger partial charge in [-0.2, -0.15) is 0 Å². The molecule has 4 aromatic heterocycles. The summed E-state index contributed by atoms with van der Waals surface area (Å²) in [4.78, 5) is 34.8. The van der Waals surface area contributed by atoms with Gasteiger partial charge in [0.05, 0.1) is 35.1 Å². The molecular formula is C26H22N6O2S2. The number of rotatable bonds is 5. The van der Waals surface area contributed by atoms with Gasteiger partial charge in [0.15, 0.2) is 11.6 Å². The maximum Gasteiger partial charge on any atom is 0.267 e. The van der Waals surface area contributed by atoms with Crippen molar-refractivity contribution in [2.45, 2.75) is 6.92 Å². The molecule has 1 N–H and O–H groups in total. The summed E-state index contributed by atoms with van der Waals surface area (Å²) < 4.78 is 6.64. The summed E-state index contributed by atoms with van der Waals surface area (Å²) in [5.74, 6) is 1.36. The first kappa shape index (κ1) is 22.7. The summed E-state index contributed by atoms with van der Waals surface area (Å²) in [6.07, 6.45) is 5.21. The highest BCUT2D eigenvalue weighted by molar-refractivity contribution is 7.22. The molecular weight excluding hydrogens is 492 g/mol. The zero-order valence-electron chi connectivity index (χ0n) is 19.5. The van der Waals surface area contributed by atoms with Crippen molar-refractivity contribution in [1.29, 1.82) is 0 Å². The highest BCUT2D eigenvalue weighted by atomic mass is 32.1. The second-order valence-electron chi connectivity index (χ2n) is 8.39. The maximum absolute atomic E-state index is 12.6. The number of hydrogen-bond donors (Lipinski definition) is 1. The second kappa shape index (κ2) is 9.73. The zero-order chi connectivity index (χ0) is 24.5. The Balaban J connectivity index is 1.44. The van der Waals surface area contributed by atoms with Crippen LogP contribution in [0.5, 0.6) is 0 Å². The molecule has 1 saturated heterocycles. The van der Waals surface area contributed by atoms with Crippen molar-refractivity contribution in [3.05, 3.63) is 70.9 Å². The van der Waals surface area contributed by atoms with E-state index in [0.717, 1.165) is 50.7 Å². The SMILES string of the molecule is Cc1ccc(NC(=O)c2cncs2)cc1-c1nc(N2CCOCC2)c2sc(-c3cccnc3)cc2n1. The minimum absolute atomic E-state index is 0.184. The maximum atomic E-state index is 12.6. The lowest BCUT2D eigenvalue weighted by molar-refractivity contribution is 0.103. The first-order chi connectivity index (χ1) is 17.7. The van der Waals surface area contributed by atoms with Gasteiger partial charge < -0.3 is 15.0 Å². The molecule has 0 radical (unpaired) electrons. The summed E-state index contributed by atoms with van der Waals surface area (Å²) in [5.41, 5.74) is 6.19. The number of pyridine rings is 1. The van der Waals surface area contributed by atoms with Crippen molar-refractivity contribution in [3.8, 4) is 21.8 Å². The number of fused-ring (bicyclic) bond motifs is 1. The number of benzene rings is 1. The van der Waals surface area contributed by atoms with Gasteiger partial charge in [-0.15, -0.1) is 22.7 Å². The third-order valence-corrected chi connectivity index (χ3v) is 7.94. The summed E-state index contributed by atoms with van der Waals surface area (Å²) in [6, 6.07) is 11.9. The summed E-state index contributed by atoms with van der Waals surface area (Å²) in [7, 11) is 0. The molecule has 1 aliphatic rings. The van der Waals surface area contributed by atoms with E-state index in [4.69, 9.17) is 14.7 Å². The van der Waals surface area contributed by atoms with Crippen LogP contribution in [0.2, 0.25) is 0 Å². The molecule has 0 spiro atoms. The summed E-state index contributed by atoms with van der Waals surface area (Å²) >= 11 is 2.99. The van der Waals surface area contributed by atoms with Crippen molar-refractivity contribution in [2.75, 3.05) is 36.5 Å². The van der Waals surface area contributed by atoms with E-state index in [-0.39, 0.29) is 5.91 Å². The third-order valence-electron chi connectivity index (χ3n) is 6.00. The number of anilines is 2. The minimum atomic E-state index is -0.184. The lowest BCUT2D eigenvalue weighted by Crippen LogP contribution is -2.36. The smallest absolute Gasteiger partial charge is 0.267 e. The average molecular weight is 515 g/mol. The number of thiophene rings is 1. The largest absolute Gasteiger partial charge is 0.378 e. The number of carbonyl (C=O) groups excluding carboxylic acids is 1. The Morgan fingerprint density at radius 3 is 2.75 bits per heavy atom. The molecule has 1 fully saturated rings. The Bertz CT molecular complexity index is 1530. The highest BCUT2D eigenvalue weighted by Gasteiger charge is 2.21. The number of amides is 1. The predicted octanol–water partition coefficient (Wildman–Crippen LogP) is 5.27. The molecule has 5 heterocycles. The fraction of sp³-hybridized carbons (Fsp3) is 0.192. The van der Waals surface area contributed by atoms with Gasteiger partial charge in [-0.05, 0) is 36.8 Å². The minimum Gasteiger partial charge on any atom is -0.378 e. The van der Waals surface area contributed by atoms with E-state index in [2.05, 4.69) is 32.3 Å². The van der Waals surface area contributed by atoms with E-state index in [1.54, 1.807) is 29.2 Å². The van der Waals surface area contributed by atoms with Crippen LogP contribution in [0.3, 0.4) is 0 Å². The average Bonchev–Trinajstić information content (AvgIpc) is 3.61. The molecule has 0 aliphatic carbocycles. The number of thiazole rings is 1. The van der Waals surface area contributed by atoms with Crippen LogP contribution in [0.15, 0.2) is 60.5 Å². The fourth-order valence-electron chi connectivity index (χ4n) is 4.14. The highest BCUT2D eigenvalue weighted by Crippen LogP contribution is 2.39. The monoisotopic (exact) mass is 514 g/mol. The van der Waals surface area contributed by atoms with Crippen LogP contribution in [0.1, 0.15) is 15.2 Å². The zero-order valence-corrected chi connectivity index (χ0v) is 21.1. The van der Waals surface area contributed by atoms with E-state index in [1.165, 1.54) is 11.3 Å². The predicted molar refractivity (Wildman–Crippen MR) is 144 cm³/mol. The Labute approximate surface area is 215 Å². The quantitative estimate of drug-likeness (QED) is 0.341. The Hall–Kier alpha value is -3.73. The molecule has 0 atom stereocenters. The fourth-order valence-corrected chi connectivity index (χ4v) is 5.76. The van der Waals surface area contributed by atoms with Gasteiger partial charge in [0.1, 0.15) is 4.88 Å². The van der Waals surface area contributed by atoms with Gasteiger partial charge in [-0.3, -0.25) is 14.8 Å². The number of morpholine rings is 1. The van der Waals surface area contributed by atoms with Crippen LogP contribution in [0.4, 0.5) is 11.5 Å². The van der Waals surface area contributed by atoms with Crippen LogP contribution in [0, 0.1) is 6.92 Å². The molecule has 6 rings (SSSR count). The Kier molecular flexibility index (Phi) is 6.14. The van der Waals surface area contributed by atoms with Crippen molar-refractivity contribution in [2.24, 2.45) is 0 Å². The number of aromatic nitrogens is 4. The topological polar surface area (TPSA) is 93.1 Å². The molecule has 36 heavy (non-hydrogen) atoms. The van der Waals surface area contributed by atoms with Crippen molar-refractivity contribution in [3.63, 3.8) is 0 Å². The number of aryl methyl sites for hydroxylation is 1. The molecule has 180 valence electrons. The second-order valence-corrected chi connectivity index (χ2v) is 10.3. The van der Waals surface area contributed by atoms with Crippen LogP contribution >= 0.6 is 22.7 Å². The van der Waals surface area contributed by atoms with Crippen LogP contribution < -0.4 is 10.2 Å². The van der Waals surface area contributed by atoms with Gasteiger partial charge in [-0.1, -0.05) is 12.1 Å². The van der Waals surface area contributed by atoms with E-state index in [1.807, 2.05) is 37.4 Å². The number of nitrogens with zero attached hydrogens (tertiary/aromatic N) is 5. The Morgan fingerprint density at radius 1 is 1.08 bits per heavy atom. The van der Waals surface area contributed by atoms with Crippen molar-refractivity contribution >= 4 is 50.3 Å². The molecule has 0 bridgehead atoms. The van der Waals surface area contributed by atoms with Crippen LogP contribution in [-0.4, -0.2) is 52.1 Å². The van der Waals surface area contributed by atoms with E-state index in [0.29, 0.717) is 29.6 Å². The first-order valence-electron chi connectivity index (χ1n) is 11.5. The molecule has 0 unspecified atom stereocenters. The van der Waals surface area contributed by atoms with Gasteiger partial charge in [-0.25, -0.2) is 9.97 Å². The Morgan fingerprint density at radius 2 is 1.97 bits per heavy atom. The third kappa shape index (κ3) is 4.46. The molecule has 8 nitrogen and oxygen atoms in total. The van der Waals surface area contributed by atoms with Crippen molar-refractivity contribution in [1.82, 2.24) is 19.9 Å². The standard InChI is InChI=1S/C26H22N6O2S2/c1-16-4-5-18(29-26(33)22-14-28-15-35-22)11-19(16)24-30-20-12-21(17-3-2-6-27-13-17)36-23(20)25(31-24)32-7-9-34-10-8-32/h2-6,11-15H,7-10H2,1H3,(H,29,33). The van der Waals surface area contributed by atoms with Gasteiger partial charge >= 0.3 is 0 Å². The molecule has 5 aromatic rings. The van der Waals surface area contributed by atoms with Gasteiger partial charge in [0.25, 0.3) is 5.91 Å². The molecule has 1 aromatic carbocycles. The molecule has 0 saturated carbocycles. The lowest BCUT2D eigenvalue weighted by Gasteiger charge is -2.28. The number of hydrogen-bond acceptors (Lipinski definition) is 9. The normalized spacial score (nSPS) is 13.8. The van der Waals surface area contributed by atoms with Crippen LogP contribution in [0.25, 0.3) is 32.0 Å². The number of ether oxygens (including phenoxy) is 1. The van der Waals surface area contributed by atoms with Crippen LogP contribution in [-0.2, 0) is 4.74 Å². The van der Waals surface area contributed by atoms with E-state index in [9.17, 15) is 4.79 Å². The first-order valence-corrected chi connectivity index (χ1v) is 13.2. The summed E-state index contributed by atoms with van der Waals surface area (Å²) in [6.45, 7) is 4.91. The molecule has 1 amide bonds. The van der Waals surface area contributed by atoms with Gasteiger partial charge in [0, 0.05) is 47.2 Å². The van der Waals surface area contributed by atoms with E-state index >= 15 is 0 Å². The molecule has 10 heteroatoms.